The van der Waals surface area contributed by atoms with Gasteiger partial charge in [0, 0.05) is 38.4 Å². The van der Waals surface area contributed by atoms with Crippen molar-refractivity contribution in [2.75, 3.05) is 51.8 Å². The van der Waals surface area contributed by atoms with Crippen molar-refractivity contribution in [2.45, 2.75) is 12.6 Å². The lowest BCUT2D eigenvalue weighted by atomic mass is 10.1. The van der Waals surface area contributed by atoms with Crippen LogP contribution in [0.15, 0.2) is 36.4 Å². The third kappa shape index (κ3) is 5.12. The minimum Gasteiger partial charge on any atom is -0.493 e. The zero-order valence-corrected chi connectivity index (χ0v) is 16.4. The standard InChI is InChI=1S/C21H24F4N2O2/c1-28-19-6-3-15(13-20(19)29-2)7-8-26-9-11-27(12-10-26)16-4-5-18(22)17(14-16)21(23,24)25/h3-6,13-14H,7-12H2,1-2H3. The van der Waals surface area contributed by atoms with Crippen LogP contribution in [-0.2, 0) is 12.6 Å². The first-order chi connectivity index (χ1) is 13.8. The van der Waals surface area contributed by atoms with Crippen LogP contribution in [0.5, 0.6) is 11.5 Å². The van der Waals surface area contributed by atoms with E-state index in [-0.39, 0.29) is 0 Å². The first-order valence-corrected chi connectivity index (χ1v) is 9.37. The molecule has 0 bridgehead atoms. The minimum absolute atomic E-state index is 0.401. The molecule has 0 unspecified atom stereocenters. The number of piperazine rings is 1. The molecular weight excluding hydrogens is 388 g/mol. The van der Waals surface area contributed by atoms with Gasteiger partial charge in [-0.15, -0.1) is 0 Å². The van der Waals surface area contributed by atoms with E-state index in [2.05, 4.69) is 4.90 Å². The number of rotatable bonds is 6. The summed E-state index contributed by atoms with van der Waals surface area (Å²) < 4.78 is 62.9. The fourth-order valence-electron chi connectivity index (χ4n) is 3.48. The van der Waals surface area contributed by atoms with Crippen molar-refractivity contribution in [3.63, 3.8) is 0 Å². The van der Waals surface area contributed by atoms with Gasteiger partial charge in [0.1, 0.15) is 5.82 Å². The maximum Gasteiger partial charge on any atom is 0.419 e. The maximum atomic E-state index is 13.5. The molecule has 4 nitrogen and oxygen atoms in total. The molecule has 0 amide bonds. The van der Waals surface area contributed by atoms with E-state index in [1.165, 1.54) is 6.07 Å². The van der Waals surface area contributed by atoms with Crippen molar-refractivity contribution in [1.29, 1.82) is 0 Å². The van der Waals surface area contributed by atoms with Gasteiger partial charge in [-0.3, -0.25) is 4.90 Å². The van der Waals surface area contributed by atoms with Crippen LogP contribution < -0.4 is 14.4 Å². The Balaban J connectivity index is 1.56. The second-order valence-corrected chi connectivity index (χ2v) is 6.93. The molecule has 3 rings (SSSR count). The van der Waals surface area contributed by atoms with Crippen molar-refractivity contribution in [3.8, 4) is 11.5 Å². The molecule has 0 spiro atoms. The zero-order valence-electron chi connectivity index (χ0n) is 16.4. The highest BCUT2D eigenvalue weighted by Gasteiger charge is 2.34. The molecule has 0 atom stereocenters. The van der Waals surface area contributed by atoms with Crippen LogP contribution in [0.1, 0.15) is 11.1 Å². The summed E-state index contributed by atoms with van der Waals surface area (Å²) in [5.41, 5.74) is 0.308. The summed E-state index contributed by atoms with van der Waals surface area (Å²) in [5.74, 6) is 0.129. The van der Waals surface area contributed by atoms with Crippen LogP contribution >= 0.6 is 0 Å². The Bertz CT molecular complexity index is 834. The van der Waals surface area contributed by atoms with Crippen LogP contribution in [0.3, 0.4) is 0 Å². The summed E-state index contributed by atoms with van der Waals surface area (Å²) in [7, 11) is 3.19. The Kier molecular flexibility index (Phi) is 6.52. The first-order valence-electron chi connectivity index (χ1n) is 9.37. The molecule has 0 radical (unpaired) electrons. The molecule has 0 N–H and O–H groups in total. The summed E-state index contributed by atoms with van der Waals surface area (Å²) in [6, 6.07) is 9.01. The van der Waals surface area contributed by atoms with Gasteiger partial charge in [-0.1, -0.05) is 6.07 Å². The summed E-state index contributed by atoms with van der Waals surface area (Å²) in [5, 5.41) is 0. The Morgan fingerprint density at radius 1 is 0.897 bits per heavy atom. The van der Waals surface area contributed by atoms with E-state index in [4.69, 9.17) is 9.47 Å². The molecule has 0 aliphatic carbocycles. The minimum atomic E-state index is -4.69. The number of anilines is 1. The summed E-state index contributed by atoms with van der Waals surface area (Å²) in [4.78, 5) is 4.13. The Morgan fingerprint density at radius 2 is 1.59 bits per heavy atom. The molecule has 1 saturated heterocycles. The van der Waals surface area contributed by atoms with E-state index in [9.17, 15) is 17.6 Å². The average Bonchev–Trinajstić information content (AvgIpc) is 2.72. The second kappa shape index (κ2) is 8.90. The normalized spacial score (nSPS) is 15.4. The third-order valence-corrected chi connectivity index (χ3v) is 5.16. The Morgan fingerprint density at radius 3 is 2.21 bits per heavy atom. The topological polar surface area (TPSA) is 24.9 Å². The summed E-state index contributed by atoms with van der Waals surface area (Å²) >= 11 is 0. The molecule has 1 aliphatic rings. The monoisotopic (exact) mass is 412 g/mol. The van der Waals surface area contributed by atoms with Gasteiger partial charge in [0.25, 0.3) is 0 Å². The van der Waals surface area contributed by atoms with Gasteiger partial charge in [0.05, 0.1) is 19.8 Å². The molecule has 1 heterocycles. The average molecular weight is 412 g/mol. The van der Waals surface area contributed by atoms with Crippen molar-refractivity contribution < 1.29 is 27.0 Å². The molecule has 29 heavy (non-hydrogen) atoms. The fourth-order valence-corrected chi connectivity index (χ4v) is 3.48. The van der Waals surface area contributed by atoms with Crippen molar-refractivity contribution >= 4 is 5.69 Å². The number of alkyl halides is 3. The van der Waals surface area contributed by atoms with Gasteiger partial charge in [0.15, 0.2) is 11.5 Å². The molecule has 1 fully saturated rings. The molecule has 2 aromatic carbocycles. The Hall–Kier alpha value is -2.48. The van der Waals surface area contributed by atoms with Crippen molar-refractivity contribution in [2.24, 2.45) is 0 Å². The number of halogens is 4. The molecule has 0 aromatic heterocycles. The van der Waals surface area contributed by atoms with Crippen LogP contribution in [0.2, 0.25) is 0 Å². The zero-order chi connectivity index (χ0) is 21.0. The molecule has 2 aromatic rings. The lowest BCUT2D eigenvalue weighted by molar-refractivity contribution is -0.139. The predicted molar refractivity (Wildman–Crippen MR) is 103 cm³/mol. The maximum absolute atomic E-state index is 13.5. The molecule has 158 valence electrons. The number of hydrogen-bond acceptors (Lipinski definition) is 4. The van der Waals surface area contributed by atoms with Crippen LogP contribution in [-0.4, -0.2) is 51.8 Å². The number of hydrogen-bond donors (Lipinski definition) is 0. The molecule has 1 aliphatic heterocycles. The largest absolute Gasteiger partial charge is 0.493 e. The predicted octanol–water partition coefficient (Wildman–Crippen LogP) is 4.23. The number of ether oxygens (including phenoxy) is 2. The van der Waals surface area contributed by atoms with E-state index in [1.807, 2.05) is 23.1 Å². The van der Waals surface area contributed by atoms with Crippen LogP contribution in [0.4, 0.5) is 23.2 Å². The summed E-state index contributed by atoms with van der Waals surface area (Å²) in [6.45, 7) is 3.47. The highest BCUT2D eigenvalue weighted by Crippen LogP contribution is 2.34. The van der Waals surface area contributed by atoms with E-state index in [0.29, 0.717) is 30.3 Å². The molecule has 8 heteroatoms. The SMILES string of the molecule is COc1ccc(CCN2CCN(c3ccc(F)c(C(F)(F)F)c3)CC2)cc1OC. The lowest BCUT2D eigenvalue weighted by Crippen LogP contribution is -2.47. The lowest BCUT2D eigenvalue weighted by Gasteiger charge is -2.36. The number of nitrogens with zero attached hydrogens (tertiary/aromatic N) is 2. The first kappa shape index (κ1) is 21.2. The van der Waals surface area contributed by atoms with E-state index in [0.717, 1.165) is 43.8 Å². The van der Waals surface area contributed by atoms with Crippen LogP contribution in [0, 0.1) is 5.82 Å². The second-order valence-electron chi connectivity index (χ2n) is 6.93. The Labute approximate surface area is 167 Å². The van der Waals surface area contributed by atoms with Gasteiger partial charge in [-0.25, -0.2) is 4.39 Å². The van der Waals surface area contributed by atoms with Gasteiger partial charge < -0.3 is 14.4 Å². The van der Waals surface area contributed by atoms with Crippen molar-refractivity contribution in [3.05, 3.63) is 53.3 Å². The number of benzene rings is 2. The van der Waals surface area contributed by atoms with E-state index in [1.54, 1.807) is 14.2 Å². The number of methoxy groups -OCH3 is 2. The highest BCUT2D eigenvalue weighted by atomic mass is 19.4. The van der Waals surface area contributed by atoms with Gasteiger partial charge in [0.2, 0.25) is 0 Å². The van der Waals surface area contributed by atoms with Gasteiger partial charge in [-0.2, -0.15) is 13.2 Å². The third-order valence-electron chi connectivity index (χ3n) is 5.16. The fraction of sp³-hybridized carbons (Fsp3) is 0.429. The highest BCUT2D eigenvalue weighted by molar-refractivity contribution is 5.50. The smallest absolute Gasteiger partial charge is 0.419 e. The molecule has 0 saturated carbocycles. The van der Waals surface area contributed by atoms with Crippen molar-refractivity contribution in [1.82, 2.24) is 4.90 Å². The summed E-state index contributed by atoms with van der Waals surface area (Å²) in [6.07, 6.45) is -3.86. The molecular formula is C21H24F4N2O2. The van der Waals surface area contributed by atoms with E-state index >= 15 is 0 Å². The van der Waals surface area contributed by atoms with Crippen LogP contribution in [0.25, 0.3) is 0 Å². The van der Waals surface area contributed by atoms with Gasteiger partial charge >= 0.3 is 6.18 Å². The van der Waals surface area contributed by atoms with Gasteiger partial charge in [-0.05, 0) is 42.3 Å². The quantitative estimate of drug-likeness (QED) is 0.663. The van der Waals surface area contributed by atoms with E-state index < -0.39 is 17.6 Å².